The molecule has 1 aromatic carbocycles. The molecular formula is C19H23N3O4. The van der Waals surface area contributed by atoms with Crippen LogP contribution < -0.4 is 5.56 Å². The summed E-state index contributed by atoms with van der Waals surface area (Å²) < 4.78 is 6.66. The maximum atomic E-state index is 12.7. The molecule has 7 heteroatoms. The number of aromatic nitrogens is 2. The average molecular weight is 357 g/mol. The molecule has 0 saturated carbocycles. The van der Waals surface area contributed by atoms with Crippen molar-refractivity contribution in [3.05, 3.63) is 40.3 Å². The van der Waals surface area contributed by atoms with Crippen LogP contribution in [0.4, 0.5) is 0 Å². The van der Waals surface area contributed by atoms with Crippen LogP contribution in [0.5, 0.6) is 0 Å². The molecule has 138 valence electrons. The molecule has 0 aliphatic carbocycles. The van der Waals surface area contributed by atoms with Crippen LogP contribution in [0.3, 0.4) is 0 Å². The molecule has 2 heterocycles. The number of carbonyl (C=O) groups is 2. The van der Waals surface area contributed by atoms with Gasteiger partial charge in [0.15, 0.2) is 11.8 Å². The van der Waals surface area contributed by atoms with Crippen LogP contribution in [-0.4, -0.2) is 45.8 Å². The van der Waals surface area contributed by atoms with Crippen molar-refractivity contribution >= 4 is 22.6 Å². The Morgan fingerprint density at radius 3 is 2.31 bits per heavy atom. The zero-order valence-electron chi connectivity index (χ0n) is 15.3. The van der Waals surface area contributed by atoms with Crippen LogP contribution in [-0.2, 0) is 9.53 Å². The van der Waals surface area contributed by atoms with E-state index in [4.69, 9.17) is 4.74 Å². The Hall–Kier alpha value is -2.70. The summed E-state index contributed by atoms with van der Waals surface area (Å²) in [6, 6.07) is 6.59. The molecule has 1 fully saturated rings. The molecule has 7 nitrogen and oxygen atoms in total. The number of likely N-dealkylation sites (tertiary alicyclic amines) is 1. The number of fused-ring (bicyclic) bond motifs is 1. The molecule has 1 amide bonds. The van der Waals surface area contributed by atoms with Gasteiger partial charge in [-0.25, -0.2) is 9.48 Å². The third-order valence-corrected chi connectivity index (χ3v) is 4.56. The second-order valence-corrected chi connectivity index (χ2v) is 6.82. The lowest BCUT2D eigenvalue weighted by Crippen LogP contribution is -2.38. The predicted octanol–water partition coefficient (Wildman–Crippen LogP) is 2.15. The van der Waals surface area contributed by atoms with E-state index in [0.29, 0.717) is 23.9 Å². The van der Waals surface area contributed by atoms with E-state index in [1.54, 1.807) is 36.1 Å². The molecular weight excluding hydrogens is 334 g/mol. The fraction of sp³-hybridized carbons (Fsp3) is 0.474. The number of rotatable bonds is 4. The Kier molecular flexibility index (Phi) is 5.06. The van der Waals surface area contributed by atoms with E-state index in [9.17, 15) is 14.4 Å². The standard InChI is InChI=1S/C19H23N3O4/c1-12(2)22-18(24)15-9-5-4-8-14(15)16(20-22)19(25)26-13(3)17(23)21-10-6-7-11-21/h4-5,8-9,12-13H,6-7,10-11H2,1-3H3. The predicted molar refractivity (Wildman–Crippen MR) is 97.1 cm³/mol. The van der Waals surface area contributed by atoms with Crippen molar-refractivity contribution in [2.45, 2.75) is 45.8 Å². The molecule has 0 spiro atoms. The number of hydrogen-bond acceptors (Lipinski definition) is 5. The molecule has 1 saturated heterocycles. The van der Waals surface area contributed by atoms with Crippen molar-refractivity contribution in [2.24, 2.45) is 0 Å². The van der Waals surface area contributed by atoms with Gasteiger partial charge in [-0.15, -0.1) is 0 Å². The fourth-order valence-corrected chi connectivity index (χ4v) is 3.17. The Balaban J connectivity index is 1.93. The van der Waals surface area contributed by atoms with E-state index < -0.39 is 12.1 Å². The number of amides is 1. The highest BCUT2D eigenvalue weighted by Gasteiger charge is 2.28. The quantitative estimate of drug-likeness (QED) is 0.783. The van der Waals surface area contributed by atoms with Crippen LogP contribution in [0.1, 0.15) is 50.1 Å². The summed E-state index contributed by atoms with van der Waals surface area (Å²) in [5.41, 5.74) is -0.205. The Labute approximate surface area is 151 Å². The lowest BCUT2D eigenvalue weighted by atomic mass is 10.1. The highest BCUT2D eigenvalue weighted by atomic mass is 16.5. The van der Waals surface area contributed by atoms with Crippen molar-refractivity contribution in [3.63, 3.8) is 0 Å². The smallest absolute Gasteiger partial charge is 0.360 e. The number of hydrogen-bond donors (Lipinski definition) is 0. The Morgan fingerprint density at radius 2 is 1.69 bits per heavy atom. The van der Waals surface area contributed by atoms with E-state index in [-0.39, 0.29) is 23.2 Å². The first kappa shape index (κ1) is 18.1. The number of ether oxygens (including phenoxy) is 1. The molecule has 0 N–H and O–H groups in total. The minimum atomic E-state index is -0.888. The summed E-state index contributed by atoms with van der Waals surface area (Å²) in [5.74, 6) is -0.895. The van der Waals surface area contributed by atoms with Gasteiger partial charge >= 0.3 is 5.97 Å². The molecule has 1 aliphatic rings. The Bertz CT molecular complexity index is 897. The van der Waals surface area contributed by atoms with E-state index in [1.165, 1.54) is 4.68 Å². The first-order valence-corrected chi connectivity index (χ1v) is 8.91. The second-order valence-electron chi connectivity index (χ2n) is 6.82. The van der Waals surface area contributed by atoms with Gasteiger partial charge in [-0.05, 0) is 39.7 Å². The van der Waals surface area contributed by atoms with Crippen molar-refractivity contribution < 1.29 is 14.3 Å². The maximum absolute atomic E-state index is 12.7. The first-order chi connectivity index (χ1) is 12.4. The fourth-order valence-electron chi connectivity index (χ4n) is 3.17. The van der Waals surface area contributed by atoms with E-state index in [1.807, 2.05) is 13.8 Å². The van der Waals surface area contributed by atoms with Gasteiger partial charge in [0.1, 0.15) is 0 Å². The summed E-state index contributed by atoms with van der Waals surface area (Å²) >= 11 is 0. The zero-order valence-corrected chi connectivity index (χ0v) is 15.3. The van der Waals surface area contributed by atoms with Gasteiger partial charge in [-0.3, -0.25) is 9.59 Å². The van der Waals surface area contributed by atoms with E-state index >= 15 is 0 Å². The molecule has 1 aromatic heterocycles. The molecule has 0 bridgehead atoms. The molecule has 1 unspecified atom stereocenters. The molecule has 0 radical (unpaired) electrons. The molecule has 1 atom stereocenters. The minimum absolute atomic E-state index is 0.0509. The van der Waals surface area contributed by atoms with Gasteiger partial charge in [-0.1, -0.05) is 18.2 Å². The number of carbonyl (C=O) groups excluding carboxylic acids is 2. The van der Waals surface area contributed by atoms with Crippen LogP contribution in [0.25, 0.3) is 10.8 Å². The van der Waals surface area contributed by atoms with Gasteiger partial charge in [0.25, 0.3) is 11.5 Å². The summed E-state index contributed by atoms with van der Waals surface area (Å²) in [6.45, 7) is 6.59. The lowest BCUT2D eigenvalue weighted by Gasteiger charge is -2.20. The van der Waals surface area contributed by atoms with Crippen LogP contribution in [0.2, 0.25) is 0 Å². The average Bonchev–Trinajstić information content (AvgIpc) is 3.15. The SMILES string of the molecule is CC(OC(=O)c1nn(C(C)C)c(=O)c2ccccc12)C(=O)N1CCCC1. The third-order valence-electron chi connectivity index (χ3n) is 4.56. The van der Waals surface area contributed by atoms with E-state index in [2.05, 4.69) is 5.10 Å². The van der Waals surface area contributed by atoms with Crippen LogP contribution in [0, 0.1) is 0 Å². The van der Waals surface area contributed by atoms with Gasteiger partial charge in [-0.2, -0.15) is 5.10 Å². The van der Waals surface area contributed by atoms with Gasteiger partial charge in [0, 0.05) is 18.5 Å². The van der Waals surface area contributed by atoms with Crippen LogP contribution >= 0.6 is 0 Å². The monoisotopic (exact) mass is 357 g/mol. The van der Waals surface area contributed by atoms with Crippen LogP contribution in [0.15, 0.2) is 29.1 Å². The van der Waals surface area contributed by atoms with Crippen molar-refractivity contribution in [2.75, 3.05) is 13.1 Å². The maximum Gasteiger partial charge on any atom is 0.360 e. The molecule has 1 aliphatic heterocycles. The topological polar surface area (TPSA) is 81.5 Å². The summed E-state index contributed by atoms with van der Waals surface area (Å²) in [6.07, 6.45) is 1.05. The highest BCUT2D eigenvalue weighted by molar-refractivity contribution is 6.02. The zero-order chi connectivity index (χ0) is 18.8. The largest absolute Gasteiger partial charge is 0.448 e. The molecule has 3 rings (SSSR count). The number of esters is 1. The summed E-state index contributed by atoms with van der Waals surface area (Å²) in [4.78, 5) is 39.3. The first-order valence-electron chi connectivity index (χ1n) is 8.91. The van der Waals surface area contributed by atoms with E-state index in [0.717, 1.165) is 12.8 Å². The number of nitrogens with zero attached hydrogens (tertiary/aromatic N) is 3. The minimum Gasteiger partial charge on any atom is -0.448 e. The highest BCUT2D eigenvalue weighted by Crippen LogP contribution is 2.17. The number of benzene rings is 1. The summed E-state index contributed by atoms with van der Waals surface area (Å²) in [7, 11) is 0. The van der Waals surface area contributed by atoms with Crippen molar-refractivity contribution in [1.29, 1.82) is 0 Å². The summed E-state index contributed by atoms with van der Waals surface area (Å²) in [5, 5.41) is 5.05. The van der Waals surface area contributed by atoms with Gasteiger partial charge in [0.2, 0.25) is 0 Å². The Morgan fingerprint density at radius 1 is 1.08 bits per heavy atom. The van der Waals surface area contributed by atoms with Crippen molar-refractivity contribution in [1.82, 2.24) is 14.7 Å². The van der Waals surface area contributed by atoms with Gasteiger partial charge in [0.05, 0.1) is 11.4 Å². The van der Waals surface area contributed by atoms with Crippen molar-refractivity contribution in [3.8, 4) is 0 Å². The second kappa shape index (κ2) is 7.27. The third kappa shape index (κ3) is 3.34. The molecule has 2 aromatic rings. The molecule has 26 heavy (non-hydrogen) atoms. The lowest BCUT2D eigenvalue weighted by molar-refractivity contribution is -0.138. The normalized spacial score (nSPS) is 15.5. The van der Waals surface area contributed by atoms with Gasteiger partial charge < -0.3 is 9.64 Å².